The monoisotopic (exact) mass is 340 g/mol. The lowest BCUT2D eigenvalue weighted by Crippen LogP contribution is -2.16. The molecule has 3 N–H and O–H groups in total. The van der Waals surface area contributed by atoms with E-state index in [0.717, 1.165) is 0 Å². The molecular formula is C16H12F4N2O2. The zero-order valence-electron chi connectivity index (χ0n) is 12.2. The van der Waals surface area contributed by atoms with Gasteiger partial charge in [-0.3, -0.25) is 9.59 Å². The van der Waals surface area contributed by atoms with Gasteiger partial charge in [-0.1, -0.05) is 12.1 Å². The largest absolute Gasteiger partial charge is 0.416 e. The van der Waals surface area contributed by atoms with E-state index in [2.05, 4.69) is 5.32 Å². The smallest absolute Gasteiger partial charge is 0.369 e. The van der Waals surface area contributed by atoms with Gasteiger partial charge in [0.05, 0.1) is 12.0 Å². The summed E-state index contributed by atoms with van der Waals surface area (Å²) in [6.45, 7) is 0. The van der Waals surface area contributed by atoms with Crippen molar-refractivity contribution in [1.82, 2.24) is 0 Å². The second kappa shape index (κ2) is 6.69. The van der Waals surface area contributed by atoms with Gasteiger partial charge in [0, 0.05) is 11.3 Å². The van der Waals surface area contributed by atoms with Gasteiger partial charge in [-0.2, -0.15) is 13.2 Å². The van der Waals surface area contributed by atoms with Gasteiger partial charge in [0.1, 0.15) is 5.82 Å². The van der Waals surface area contributed by atoms with Gasteiger partial charge >= 0.3 is 6.18 Å². The average Bonchev–Trinajstić information content (AvgIpc) is 2.45. The Hall–Kier alpha value is -2.90. The van der Waals surface area contributed by atoms with E-state index < -0.39 is 34.9 Å². The van der Waals surface area contributed by atoms with Crippen molar-refractivity contribution >= 4 is 17.5 Å². The van der Waals surface area contributed by atoms with Gasteiger partial charge in [-0.05, 0) is 35.9 Å². The first-order valence-electron chi connectivity index (χ1n) is 6.71. The van der Waals surface area contributed by atoms with Crippen LogP contribution in [0.1, 0.15) is 21.5 Å². The standard InChI is InChI=1S/C16H12F4N2O2/c17-12-7-10(6-11(8-12)16(18,19)20)15(24)22-13-3-1-2-9(4-13)5-14(21)23/h1-4,6-8H,5H2,(H2,21,23)(H,22,24). The summed E-state index contributed by atoms with van der Waals surface area (Å²) in [4.78, 5) is 22.9. The number of primary amides is 1. The van der Waals surface area contributed by atoms with E-state index in [1.807, 2.05) is 0 Å². The molecule has 0 spiro atoms. The number of nitrogens with two attached hydrogens (primary N) is 1. The maximum Gasteiger partial charge on any atom is 0.416 e. The number of carbonyl (C=O) groups excluding carboxylic acids is 2. The molecule has 2 rings (SSSR count). The van der Waals surface area contributed by atoms with Crippen molar-refractivity contribution in [3.05, 3.63) is 65.0 Å². The first-order valence-corrected chi connectivity index (χ1v) is 6.71. The van der Waals surface area contributed by atoms with Crippen molar-refractivity contribution in [2.45, 2.75) is 12.6 Å². The van der Waals surface area contributed by atoms with Crippen LogP contribution in [0.2, 0.25) is 0 Å². The number of carbonyl (C=O) groups is 2. The molecule has 0 radical (unpaired) electrons. The summed E-state index contributed by atoms with van der Waals surface area (Å²) in [5.41, 5.74) is 4.11. The molecule has 8 heteroatoms. The molecule has 0 aliphatic carbocycles. The van der Waals surface area contributed by atoms with E-state index in [9.17, 15) is 27.2 Å². The van der Waals surface area contributed by atoms with Crippen LogP contribution >= 0.6 is 0 Å². The van der Waals surface area contributed by atoms with Crippen LogP contribution in [0.25, 0.3) is 0 Å². The molecule has 0 heterocycles. The lowest BCUT2D eigenvalue weighted by molar-refractivity contribution is -0.137. The van der Waals surface area contributed by atoms with E-state index in [4.69, 9.17) is 5.73 Å². The number of rotatable bonds is 4. The minimum Gasteiger partial charge on any atom is -0.369 e. The quantitative estimate of drug-likeness (QED) is 0.840. The van der Waals surface area contributed by atoms with E-state index in [0.29, 0.717) is 23.8 Å². The van der Waals surface area contributed by atoms with Crippen molar-refractivity contribution in [3.63, 3.8) is 0 Å². The Morgan fingerprint density at radius 1 is 1.08 bits per heavy atom. The Labute approximate surface area is 134 Å². The lowest BCUT2D eigenvalue weighted by atomic mass is 10.1. The minimum atomic E-state index is -4.77. The molecule has 4 nitrogen and oxygen atoms in total. The Bertz CT molecular complexity index is 788. The Morgan fingerprint density at radius 3 is 2.42 bits per heavy atom. The van der Waals surface area contributed by atoms with Crippen LogP contribution in [-0.2, 0) is 17.4 Å². The maximum absolute atomic E-state index is 13.3. The summed E-state index contributed by atoms with van der Waals surface area (Å²) in [5, 5.41) is 2.35. The molecule has 0 saturated heterocycles. The van der Waals surface area contributed by atoms with Crippen molar-refractivity contribution in [2.75, 3.05) is 5.32 Å². The van der Waals surface area contributed by atoms with Crippen molar-refractivity contribution in [2.24, 2.45) is 5.73 Å². The van der Waals surface area contributed by atoms with Gasteiger partial charge in [0.2, 0.25) is 5.91 Å². The minimum absolute atomic E-state index is 0.0537. The normalized spacial score (nSPS) is 11.2. The van der Waals surface area contributed by atoms with Gasteiger partial charge in [-0.25, -0.2) is 4.39 Å². The number of hydrogen-bond donors (Lipinski definition) is 2. The topological polar surface area (TPSA) is 72.2 Å². The fourth-order valence-corrected chi connectivity index (χ4v) is 2.05. The SMILES string of the molecule is NC(=O)Cc1cccc(NC(=O)c2cc(F)cc(C(F)(F)F)c2)c1. The zero-order valence-corrected chi connectivity index (χ0v) is 12.2. The van der Waals surface area contributed by atoms with E-state index in [1.165, 1.54) is 12.1 Å². The van der Waals surface area contributed by atoms with Crippen molar-refractivity contribution in [3.8, 4) is 0 Å². The van der Waals surface area contributed by atoms with Gasteiger partial charge in [0.25, 0.3) is 5.91 Å². The van der Waals surface area contributed by atoms with Crippen LogP contribution in [0.15, 0.2) is 42.5 Å². The molecule has 126 valence electrons. The average molecular weight is 340 g/mol. The van der Waals surface area contributed by atoms with Crippen LogP contribution in [0, 0.1) is 5.82 Å². The van der Waals surface area contributed by atoms with E-state index in [1.54, 1.807) is 12.1 Å². The molecule has 0 unspecified atom stereocenters. The third kappa shape index (κ3) is 4.55. The van der Waals surface area contributed by atoms with Crippen LogP contribution in [0.3, 0.4) is 0 Å². The molecule has 2 amide bonds. The molecule has 0 aliphatic heterocycles. The van der Waals surface area contributed by atoms with Crippen LogP contribution < -0.4 is 11.1 Å². The molecule has 0 saturated carbocycles. The second-order valence-corrected chi connectivity index (χ2v) is 5.02. The number of alkyl halides is 3. The van der Waals surface area contributed by atoms with Gasteiger partial charge < -0.3 is 11.1 Å². The molecule has 0 aromatic heterocycles. The molecule has 0 atom stereocenters. The molecule has 0 bridgehead atoms. The van der Waals surface area contributed by atoms with Crippen molar-refractivity contribution < 1.29 is 27.2 Å². The summed E-state index contributed by atoms with van der Waals surface area (Å²) in [6, 6.07) is 7.65. The zero-order chi connectivity index (χ0) is 17.9. The Balaban J connectivity index is 2.24. The second-order valence-electron chi connectivity index (χ2n) is 5.02. The Kier molecular flexibility index (Phi) is 4.87. The Morgan fingerprint density at radius 2 is 1.79 bits per heavy atom. The summed E-state index contributed by atoms with van der Waals surface area (Å²) in [6.07, 6.45) is -4.82. The van der Waals surface area contributed by atoms with Crippen LogP contribution in [0.4, 0.5) is 23.2 Å². The van der Waals surface area contributed by atoms with Gasteiger partial charge in [-0.15, -0.1) is 0 Å². The molecule has 24 heavy (non-hydrogen) atoms. The number of amides is 2. The molecule has 0 aliphatic rings. The van der Waals surface area contributed by atoms with Gasteiger partial charge in [0.15, 0.2) is 0 Å². The number of hydrogen-bond acceptors (Lipinski definition) is 2. The summed E-state index contributed by atoms with van der Waals surface area (Å²) >= 11 is 0. The highest BCUT2D eigenvalue weighted by Gasteiger charge is 2.32. The fourth-order valence-electron chi connectivity index (χ4n) is 2.05. The first kappa shape index (κ1) is 17.5. The van der Waals surface area contributed by atoms with E-state index in [-0.39, 0.29) is 12.1 Å². The molecule has 2 aromatic carbocycles. The lowest BCUT2D eigenvalue weighted by Gasteiger charge is -2.10. The third-order valence-corrected chi connectivity index (χ3v) is 3.05. The molecule has 2 aromatic rings. The predicted molar refractivity (Wildman–Crippen MR) is 78.7 cm³/mol. The summed E-state index contributed by atoms with van der Waals surface area (Å²) in [5.74, 6) is -2.65. The maximum atomic E-state index is 13.3. The summed E-state index contributed by atoms with van der Waals surface area (Å²) in [7, 11) is 0. The highest BCUT2D eigenvalue weighted by atomic mass is 19.4. The summed E-state index contributed by atoms with van der Waals surface area (Å²) < 4.78 is 51.3. The number of benzene rings is 2. The fraction of sp³-hybridized carbons (Fsp3) is 0.125. The highest BCUT2D eigenvalue weighted by Crippen LogP contribution is 2.30. The number of anilines is 1. The first-order chi connectivity index (χ1) is 11.1. The van der Waals surface area contributed by atoms with Crippen LogP contribution in [0.5, 0.6) is 0 Å². The third-order valence-electron chi connectivity index (χ3n) is 3.05. The highest BCUT2D eigenvalue weighted by molar-refractivity contribution is 6.04. The van der Waals surface area contributed by atoms with Crippen molar-refractivity contribution in [1.29, 1.82) is 0 Å². The molecule has 0 fully saturated rings. The van der Waals surface area contributed by atoms with Crippen LogP contribution in [-0.4, -0.2) is 11.8 Å². The number of halogens is 4. The number of nitrogens with one attached hydrogen (secondary N) is 1. The molecular weight excluding hydrogens is 328 g/mol. The predicted octanol–water partition coefficient (Wildman–Crippen LogP) is 3.12. The van der Waals surface area contributed by atoms with E-state index >= 15 is 0 Å².